The van der Waals surface area contributed by atoms with Gasteiger partial charge in [0.05, 0.1) is 18.5 Å². The van der Waals surface area contributed by atoms with Gasteiger partial charge in [0.2, 0.25) is 5.91 Å². The number of benzene rings is 2. The molecule has 1 aromatic heterocycles. The number of phenolic OH excluding ortho intramolecular Hbond substituents is 1. The van der Waals surface area contributed by atoms with Gasteiger partial charge in [0.1, 0.15) is 11.4 Å². The second-order valence-electron chi connectivity index (χ2n) is 6.21. The third-order valence-electron chi connectivity index (χ3n) is 4.18. The molecule has 3 N–H and O–H groups in total. The van der Waals surface area contributed by atoms with Crippen LogP contribution in [0.2, 0.25) is 0 Å². The Hall–Kier alpha value is -3.35. The van der Waals surface area contributed by atoms with Gasteiger partial charge in [0, 0.05) is 5.39 Å². The maximum absolute atomic E-state index is 12.3. The maximum Gasteiger partial charge on any atom is 0.307 e. The normalized spacial score (nSPS) is 10.8. The second kappa shape index (κ2) is 6.87. The van der Waals surface area contributed by atoms with Crippen molar-refractivity contribution in [1.29, 1.82) is 0 Å². The first-order valence-corrected chi connectivity index (χ1v) is 8.02. The minimum atomic E-state index is -0.993. The summed E-state index contributed by atoms with van der Waals surface area (Å²) < 4.78 is 5.28. The third kappa shape index (κ3) is 3.66. The Balaban J connectivity index is 1.79. The number of hydrogen-bond acceptors (Lipinski definition) is 5. The van der Waals surface area contributed by atoms with Crippen LogP contribution in [0.5, 0.6) is 5.75 Å². The van der Waals surface area contributed by atoms with Crippen LogP contribution < -0.4 is 5.32 Å². The highest BCUT2D eigenvalue weighted by Crippen LogP contribution is 2.26. The number of rotatable bonds is 5. The first-order valence-electron chi connectivity index (χ1n) is 8.02. The standard InChI is InChI=1S/C19H18N2O5/c1-10-5-13-14(21-26-17(13)6-11(10)2)9-18(23)20-15-7-12(8-19(24)25)3-4-16(15)22/h3-7,22H,8-9H2,1-2H3,(H,20,23)(H,24,25). The summed E-state index contributed by atoms with van der Waals surface area (Å²) in [7, 11) is 0. The third-order valence-corrected chi connectivity index (χ3v) is 4.18. The monoisotopic (exact) mass is 354 g/mol. The van der Waals surface area contributed by atoms with Gasteiger partial charge in [-0.2, -0.15) is 0 Å². The summed E-state index contributed by atoms with van der Waals surface area (Å²) in [5, 5.41) is 26.1. The minimum Gasteiger partial charge on any atom is -0.506 e. The molecule has 0 spiro atoms. The summed E-state index contributed by atoms with van der Waals surface area (Å²) in [6.45, 7) is 3.94. The molecule has 0 unspecified atom stereocenters. The van der Waals surface area contributed by atoms with Gasteiger partial charge in [-0.15, -0.1) is 0 Å². The SMILES string of the molecule is Cc1cc2onc(CC(=O)Nc3cc(CC(=O)O)ccc3O)c2cc1C. The number of nitrogens with one attached hydrogen (secondary N) is 1. The highest BCUT2D eigenvalue weighted by molar-refractivity contribution is 5.96. The van der Waals surface area contributed by atoms with Crippen molar-refractivity contribution in [2.75, 3.05) is 5.32 Å². The van der Waals surface area contributed by atoms with Crippen molar-refractivity contribution in [2.45, 2.75) is 26.7 Å². The van der Waals surface area contributed by atoms with Gasteiger partial charge < -0.3 is 20.1 Å². The highest BCUT2D eigenvalue weighted by Gasteiger charge is 2.15. The lowest BCUT2D eigenvalue weighted by Gasteiger charge is -2.08. The fourth-order valence-electron chi connectivity index (χ4n) is 2.69. The van der Waals surface area contributed by atoms with Crippen LogP contribution in [0.1, 0.15) is 22.4 Å². The van der Waals surface area contributed by atoms with E-state index in [0.717, 1.165) is 16.5 Å². The van der Waals surface area contributed by atoms with Crippen LogP contribution in [-0.4, -0.2) is 27.2 Å². The van der Waals surface area contributed by atoms with Gasteiger partial charge >= 0.3 is 5.97 Å². The van der Waals surface area contributed by atoms with E-state index in [2.05, 4.69) is 10.5 Å². The Morgan fingerprint density at radius 3 is 2.58 bits per heavy atom. The zero-order valence-corrected chi connectivity index (χ0v) is 14.4. The van der Waals surface area contributed by atoms with Crippen LogP contribution in [-0.2, 0) is 22.4 Å². The van der Waals surface area contributed by atoms with E-state index in [-0.39, 0.29) is 30.2 Å². The van der Waals surface area contributed by atoms with E-state index in [4.69, 9.17) is 9.63 Å². The number of hydrogen-bond donors (Lipinski definition) is 3. The van der Waals surface area contributed by atoms with Crippen molar-refractivity contribution in [3.63, 3.8) is 0 Å². The van der Waals surface area contributed by atoms with E-state index < -0.39 is 5.97 Å². The average molecular weight is 354 g/mol. The number of aryl methyl sites for hydroxylation is 2. The molecule has 3 rings (SSSR count). The maximum atomic E-state index is 12.3. The van der Waals surface area contributed by atoms with Crippen LogP contribution in [0.25, 0.3) is 11.0 Å². The van der Waals surface area contributed by atoms with Gasteiger partial charge in [-0.25, -0.2) is 0 Å². The van der Waals surface area contributed by atoms with E-state index in [1.165, 1.54) is 18.2 Å². The number of fused-ring (bicyclic) bond motifs is 1. The number of carbonyl (C=O) groups is 2. The molecule has 0 saturated carbocycles. The molecule has 0 aliphatic rings. The summed E-state index contributed by atoms with van der Waals surface area (Å²) in [5.74, 6) is -1.52. The van der Waals surface area contributed by atoms with Crippen LogP contribution in [0.3, 0.4) is 0 Å². The van der Waals surface area contributed by atoms with Crippen LogP contribution in [0.4, 0.5) is 5.69 Å². The molecule has 3 aromatic rings. The number of aromatic nitrogens is 1. The quantitative estimate of drug-likeness (QED) is 0.607. The van der Waals surface area contributed by atoms with Crippen molar-refractivity contribution in [2.24, 2.45) is 0 Å². The second-order valence-corrected chi connectivity index (χ2v) is 6.21. The molecule has 7 heteroatoms. The molecule has 0 atom stereocenters. The Kier molecular flexibility index (Phi) is 4.62. The largest absolute Gasteiger partial charge is 0.506 e. The van der Waals surface area contributed by atoms with Crippen molar-refractivity contribution in [1.82, 2.24) is 5.16 Å². The zero-order chi connectivity index (χ0) is 18.8. The van der Waals surface area contributed by atoms with Crippen molar-refractivity contribution in [3.8, 4) is 5.75 Å². The Morgan fingerprint density at radius 1 is 1.12 bits per heavy atom. The topological polar surface area (TPSA) is 113 Å². The summed E-state index contributed by atoms with van der Waals surface area (Å²) >= 11 is 0. The number of carboxylic acids is 1. The molecule has 0 bridgehead atoms. The molecule has 7 nitrogen and oxygen atoms in total. The predicted octanol–water partition coefficient (Wildman–Crippen LogP) is 2.96. The van der Waals surface area contributed by atoms with Gasteiger partial charge in [-0.1, -0.05) is 11.2 Å². The van der Waals surface area contributed by atoms with Gasteiger partial charge in [0.25, 0.3) is 0 Å². The molecule has 0 aliphatic heterocycles. The lowest BCUT2D eigenvalue weighted by Crippen LogP contribution is -2.15. The molecule has 0 radical (unpaired) electrons. The summed E-state index contributed by atoms with van der Waals surface area (Å²) in [5.41, 5.74) is 3.90. The molecule has 26 heavy (non-hydrogen) atoms. The molecule has 134 valence electrons. The fraction of sp³-hybridized carbons (Fsp3) is 0.211. The fourth-order valence-corrected chi connectivity index (χ4v) is 2.69. The summed E-state index contributed by atoms with van der Waals surface area (Å²) in [6, 6.07) is 8.09. The number of carboxylic acid groups (broad SMARTS) is 1. The van der Waals surface area contributed by atoms with E-state index in [0.29, 0.717) is 16.8 Å². The van der Waals surface area contributed by atoms with Crippen LogP contribution >= 0.6 is 0 Å². The van der Waals surface area contributed by atoms with E-state index in [9.17, 15) is 14.7 Å². The smallest absolute Gasteiger partial charge is 0.307 e. The molecule has 2 aromatic carbocycles. The number of nitrogens with zero attached hydrogens (tertiary/aromatic N) is 1. The van der Waals surface area contributed by atoms with Crippen molar-refractivity contribution < 1.29 is 24.3 Å². The molecule has 0 saturated heterocycles. The number of amides is 1. The summed E-state index contributed by atoms with van der Waals surface area (Å²) in [4.78, 5) is 23.1. The van der Waals surface area contributed by atoms with E-state index in [1.807, 2.05) is 26.0 Å². The lowest BCUT2D eigenvalue weighted by atomic mass is 10.1. The first kappa shape index (κ1) is 17.5. The molecule has 1 heterocycles. The predicted molar refractivity (Wildman–Crippen MR) is 95.3 cm³/mol. The van der Waals surface area contributed by atoms with Gasteiger partial charge in [-0.3, -0.25) is 9.59 Å². The molecular formula is C19H18N2O5. The number of carbonyl (C=O) groups excluding carboxylic acids is 1. The van der Waals surface area contributed by atoms with Crippen LogP contribution in [0.15, 0.2) is 34.9 Å². The van der Waals surface area contributed by atoms with E-state index >= 15 is 0 Å². The van der Waals surface area contributed by atoms with Crippen molar-refractivity contribution >= 4 is 28.5 Å². The van der Waals surface area contributed by atoms with Gasteiger partial charge in [-0.05, 0) is 54.8 Å². The molecule has 1 amide bonds. The minimum absolute atomic E-state index is 0.0297. The molecule has 0 aliphatic carbocycles. The van der Waals surface area contributed by atoms with E-state index in [1.54, 1.807) is 0 Å². The number of phenols is 1. The number of anilines is 1. The zero-order valence-electron chi connectivity index (χ0n) is 14.4. The Morgan fingerprint density at radius 2 is 1.85 bits per heavy atom. The average Bonchev–Trinajstić information content (AvgIpc) is 2.92. The Bertz CT molecular complexity index is 1010. The molecule has 0 fully saturated rings. The highest BCUT2D eigenvalue weighted by atomic mass is 16.5. The number of aliphatic carboxylic acids is 1. The summed E-state index contributed by atoms with van der Waals surface area (Å²) in [6.07, 6.45) is -0.228. The van der Waals surface area contributed by atoms with Crippen molar-refractivity contribution in [3.05, 3.63) is 52.7 Å². The van der Waals surface area contributed by atoms with Crippen LogP contribution in [0, 0.1) is 13.8 Å². The van der Waals surface area contributed by atoms with Gasteiger partial charge in [0.15, 0.2) is 5.58 Å². The number of aromatic hydroxyl groups is 1. The lowest BCUT2D eigenvalue weighted by molar-refractivity contribution is -0.136. The Labute approximate surface area is 149 Å². The molecular weight excluding hydrogens is 336 g/mol. The first-order chi connectivity index (χ1) is 12.3.